The Morgan fingerprint density at radius 3 is 2.80 bits per heavy atom. The molecule has 6 heteroatoms. The molecule has 1 aromatic rings. The lowest BCUT2D eigenvalue weighted by atomic mass is 9.62. The van der Waals surface area contributed by atoms with Crippen LogP contribution in [0, 0.1) is 5.41 Å². The van der Waals surface area contributed by atoms with Gasteiger partial charge in [-0.3, -0.25) is 14.3 Å². The van der Waals surface area contributed by atoms with Crippen LogP contribution in [0.5, 0.6) is 5.75 Å². The fourth-order valence-electron chi connectivity index (χ4n) is 3.76. The Bertz CT molecular complexity index is 648. The summed E-state index contributed by atoms with van der Waals surface area (Å²) in [4.78, 5) is 25.7. The third-order valence-electron chi connectivity index (χ3n) is 5.12. The molecule has 0 unspecified atom stereocenters. The molecular formula is C14H17N3O3. The molecule has 4 rings (SSSR count). The second-order valence-corrected chi connectivity index (χ2v) is 6.20. The van der Waals surface area contributed by atoms with Crippen LogP contribution in [0.1, 0.15) is 42.6 Å². The van der Waals surface area contributed by atoms with E-state index in [0.29, 0.717) is 12.0 Å². The molecule has 2 N–H and O–H groups in total. The summed E-state index contributed by atoms with van der Waals surface area (Å²) in [6.45, 7) is 0.693. The first-order valence-electron chi connectivity index (χ1n) is 7.12. The zero-order valence-electron chi connectivity index (χ0n) is 11.1. The van der Waals surface area contributed by atoms with Gasteiger partial charge < -0.3 is 15.4 Å². The zero-order valence-corrected chi connectivity index (χ0v) is 11.1. The highest BCUT2D eigenvalue weighted by molar-refractivity contribution is 5.96. The number of aromatic nitrogens is 1. The monoisotopic (exact) mass is 275 g/mol. The Hall–Kier alpha value is -1.98. The maximum Gasteiger partial charge on any atom is 0.278 e. The summed E-state index contributed by atoms with van der Waals surface area (Å²) in [5.41, 5.74) is 3.18. The molecule has 1 aromatic heterocycles. The molecule has 3 aliphatic rings. The molecule has 1 spiro atoms. The molecule has 1 atom stereocenters. The molecule has 1 saturated heterocycles. The van der Waals surface area contributed by atoms with Crippen molar-refractivity contribution in [1.29, 1.82) is 0 Å². The smallest absolute Gasteiger partial charge is 0.278 e. The Labute approximate surface area is 116 Å². The number of nitrogens with zero attached hydrogens (tertiary/aromatic N) is 2. The van der Waals surface area contributed by atoms with Gasteiger partial charge in [0.2, 0.25) is 5.43 Å². The summed E-state index contributed by atoms with van der Waals surface area (Å²) in [6.07, 6.45) is 7.23. The number of nitrogens with one attached hydrogen (secondary N) is 1. The van der Waals surface area contributed by atoms with Gasteiger partial charge >= 0.3 is 0 Å². The van der Waals surface area contributed by atoms with Gasteiger partial charge in [0.25, 0.3) is 5.91 Å². The lowest BCUT2D eigenvalue weighted by molar-refractivity contribution is -0.00133. The molecule has 1 aliphatic carbocycles. The van der Waals surface area contributed by atoms with Crippen molar-refractivity contribution in [2.45, 2.75) is 38.3 Å². The van der Waals surface area contributed by atoms with Crippen LogP contribution in [-0.2, 0) is 0 Å². The first kappa shape index (κ1) is 11.8. The van der Waals surface area contributed by atoms with Crippen LogP contribution in [0.15, 0.2) is 17.1 Å². The Morgan fingerprint density at radius 2 is 2.10 bits per heavy atom. The molecule has 0 aromatic carbocycles. The molecule has 0 bridgehead atoms. The molecule has 1 amide bonds. The van der Waals surface area contributed by atoms with Gasteiger partial charge in [0, 0.05) is 18.8 Å². The van der Waals surface area contributed by atoms with Gasteiger partial charge in [-0.2, -0.15) is 0 Å². The quantitative estimate of drug-likeness (QED) is 0.736. The summed E-state index contributed by atoms with van der Waals surface area (Å²) in [6, 6.07) is 1.27. The van der Waals surface area contributed by atoms with E-state index in [-0.39, 0.29) is 17.8 Å². The summed E-state index contributed by atoms with van der Waals surface area (Å²) < 4.78 is 1.50. The van der Waals surface area contributed by atoms with Crippen molar-refractivity contribution in [2.75, 3.05) is 12.0 Å². The van der Waals surface area contributed by atoms with Crippen LogP contribution in [0.3, 0.4) is 0 Å². The van der Waals surface area contributed by atoms with Gasteiger partial charge in [-0.25, -0.2) is 0 Å². The number of piperidine rings is 1. The number of carbonyl (C=O) groups is 1. The number of carbonyl (C=O) groups excluding carboxylic acids is 1. The van der Waals surface area contributed by atoms with E-state index in [9.17, 15) is 14.7 Å². The number of pyridine rings is 1. The lowest BCUT2D eigenvalue weighted by Gasteiger charge is -2.53. The fraction of sp³-hybridized carbons (Fsp3) is 0.571. The van der Waals surface area contributed by atoms with E-state index in [1.165, 1.54) is 36.2 Å². The van der Waals surface area contributed by atoms with E-state index in [4.69, 9.17) is 0 Å². The molecule has 106 valence electrons. The first-order valence-corrected chi connectivity index (χ1v) is 7.12. The van der Waals surface area contributed by atoms with Gasteiger partial charge in [-0.1, -0.05) is 6.42 Å². The maximum atomic E-state index is 12.5. The number of fused-ring (bicyclic) bond motifs is 2. The third-order valence-corrected chi connectivity index (χ3v) is 5.12. The molecule has 0 radical (unpaired) electrons. The predicted molar refractivity (Wildman–Crippen MR) is 72.1 cm³/mol. The third kappa shape index (κ3) is 1.44. The van der Waals surface area contributed by atoms with Gasteiger partial charge in [0.15, 0.2) is 11.4 Å². The van der Waals surface area contributed by atoms with Crippen LogP contribution in [-0.4, -0.2) is 33.3 Å². The lowest BCUT2D eigenvalue weighted by Crippen LogP contribution is -2.60. The highest BCUT2D eigenvalue weighted by atomic mass is 16.3. The zero-order chi connectivity index (χ0) is 13.9. The number of hydrogen-bond donors (Lipinski definition) is 2. The van der Waals surface area contributed by atoms with Gasteiger partial charge in [-0.05, 0) is 31.1 Å². The van der Waals surface area contributed by atoms with Crippen LogP contribution in [0.4, 0.5) is 0 Å². The fourth-order valence-corrected chi connectivity index (χ4v) is 3.76. The Balaban J connectivity index is 1.73. The van der Waals surface area contributed by atoms with Crippen molar-refractivity contribution in [2.24, 2.45) is 5.41 Å². The average molecular weight is 275 g/mol. The van der Waals surface area contributed by atoms with E-state index >= 15 is 0 Å². The molecule has 2 aliphatic heterocycles. The standard InChI is InChI=1S/C14H17N3O3/c18-9-2-6-17-11(12(9)19)13(20)16-7-5-14(3-1-4-14)8-10(16)15-17/h2,6,10,15,19H,1,3-5,7-8H2/t10-/m0/s1. The van der Waals surface area contributed by atoms with E-state index < -0.39 is 11.2 Å². The largest absolute Gasteiger partial charge is 0.502 e. The molecule has 6 nitrogen and oxygen atoms in total. The van der Waals surface area contributed by atoms with E-state index in [2.05, 4.69) is 5.43 Å². The summed E-state index contributed by atoms with van der Waals surface area (Å²) in [5.74, 6) is -0.717. The van der Waals surface area contributed by atoms with E-state index in [1.807, 2.05) is 0 Å². The van der Waals surface area contributed by atoms with E-state index in [1.54, 1.807) is 4.90 Å². The number of amides is 1. The van der Waals surface area contributed by atoms with Crippen molar-refractivity contribution in [3.63, 3.8) is 0 Å². The molecule has 20 heavy (non-hydrogen) atoms. The van der Waals surface area contributed by atoms with Crippen molar-refractivity contribution < 1.29 is 9.90 Å². The van der Waals surface area contributed by atoms with E-state index in [0.717, 1.165) is 12.8 Å². The van der Waals surface area contributed by atoms with Crippen LogP contribution >= 0.6 is 0 Å². The minimum atomic E-state index is -0.516. The highest BCUT2D eigenvalue weighted by Crippen LogP contribution is 2.50. The number of hydrogen-bond acceptors (Lipinski definition) is 4. The van der Waals surface area contributed by atoms with Crippen molar-refractivity contribution in [1.82, 2.24) is 9.58 Å². The van der Waals surface area contributed by atoms with Crippen LogP contribution in [0.2, 0.25) is 0 Å². The molecule has 3 heterocycles. The van der Waals surface area contributed by atoms with Crippen molar-refractivity contribution in [3.05, 3.63) is 28.2 Å². The SMILES string of the molecule is O=C1c2c(O)c(=O)ccn2N[C@@H]2CC3(CCC3)CCN12. The molecule has 1 saturated carbocycles. The van der Waals surface area contributed by atoms with Crippen LogP contribution in [0.25, 0.3) is 0 Å². The first-order chi connectivity index (χ1) is 9.60. The predicted octanol–water partition coefficient (Wildman–Crippen LogP) is 0.843. The minimum absolute atomic E-state index is 0.0362. The topological polar surface area (TPSA) is 74.6 Å². The summed E-state index contributed by atoms with van der Waals surface area (Å²) in [5, 5.41) is 9.84. The Kier molecular flexibility index (Phi) is 2.23. The van der Waals surface area contributed by atoms with Gasteiger partial charge in [0.05, 0.1) is 0 Å². The molecular weight excluding hydrogens is 258 g/mol. The van der Waals surface area contributed by atoms with Gasteiger partial charge in [0.1, 0.15) is 6.17 Å². The van der Waals surface area contributed by atoms with Gasteiger partial charge in [-0.15, -0.1) is 0 Å². The minimum Gasteiger partial charge on any atom is -0.502 e. The summed E-state index contributed by atoms with van der Waals surface area (Å²) >= 11 is 0. The maximum absolute atomic E-state index is 12.5. The highest BCUT2D eigenvalue weighted by Gasteiger charge is 2.47. The van der Waals surface area contributed by atoms with Crippen molar-refractivity contribution >= 4 is 5.91 Å². The van der Waals surface area contributed by atoms with Crippen LogP contribution < -0.4 is 10.9 Å². The second-order valence-electron chi connectivity index (χ2n) is 6.20. The molecule has 2 fully saturated rings. The average Bonchev–Trinajstić information content (AvgIpc) is 2.41. The number of rotatable bonds is 0. The number of aromatic hydroxyl groups is 1. The Morgan fingerprint density at radius 1 is 1.30 bits per heavy atom. The second kappa shape index (κ2) is 3.77. The summed E-state index contributed by atoms with van der Waals surface area (Å²) in [7, 11) is 0. The normalized spacial score (nSPS) is 26.5. The van der Waals surface area contributed by atoms with Crippen molar-refractivity contribution in [3.8, 4) is 5.75 Å².